The molecule has 4 aromatic carbocycles. The summed E-state index contributed by atoms with van der Waals surface area (Å²) in [6.45, 7) is 10.8. The highest BCUT2D eigenvalue weighted by Crippen LogP contribution is 2.58. The van der Waals surface area contributed by atoms with Crippen molar-refractivity contribution in [3.63, 3.8) is 0 Å². The van der Waals surface area contributed by atoms with E-state index in [2.05, 4.69) is 124 Å². The molecule has 0 saturated heterocycles. The van der Waals surface area contributed by atoms with Crippen molar-refractivity contribution in [3.8, 4) is 11.1 Å². The Bertz CT molecular complexity index is 1200. The smallest absolute Gasteiger partial charge is 0.0733 e. The Balaban J connectivity index is 1.97. The summed E-state index contributed by atoms with van der Waals surface area (Å²) < 4.78 is 0. The molecule has 0 saturated carbocycles. The first kappa shape index (κ1) is 20.6. The van der Waals surface area contributed by atoms with Crippen LogP contribution in [0.3, 0.4) is 0 Å². The summed E-state index contributed by atoms with van der Waals surface area (Å²) in [5.74, 6) is 0. The van der Waals surface area contributed by atoms with Gasteiger partial charge >= 0.3 is 0 Å². The van der Waals surface area contributed by atoms with Crippen LogP contribution in [0.15, 0.2) is 91.0 Å². The fraction of sp³-hybridized carbons (Fsp3) is 0.226. The topological polar surface area (TPSA) is 3.24 Å². The SMILES string of the molecule is CCN(CC)c1cccc2c1C(c1ccc(C)cc1)(c1ccc(C)cc1)c1ccccc1-2. The minimum atomic E-state index is -0.341. The minimum absolute atomic E-state index is 0.341. The Morgan fingerprint density at radius 2 is 1.12 bits per heavy atom. The molecule has 0 unspecified atom stereocenters. The number of aryl methyl sites for hydroxylation is 2. The Morgan fingerprint density at radius 3 is 1.69 bits per heavy atom. The predicted octanol–water partition coefficient (Wildman–Crippen LogP) is 7.51. The van der Waals surface area contributed by atoms with Crippen LogP contribution in [-0.2, 0) is 5.41 Å². The summed E-state index contributed by atoms with van der Waals surface area (Å²) in [6, 6.07) is 34.2. The van der Waals surface area contributed by atoms with E-state index in [-0.39, 0.29) is 5.41 Å². The first-order valence-corrected chi connectivity index (χ1v) is 11.7. The van der Waals surface area contributed by atoms with Crippen molar-refractivity contribution < 1.29 is 0 Å². The van der Waals surface area contributed by atoms with E-state index in [0.717, 1.165) is 13.1 Å². The first-order valence-electron chi connectivity index (χ1n) is 11.7. The molecule has 0 spiro atoms. The second-order valence-electron chi connectivity index (χ2n) is 8.90. The molecule has 0 amide bonds. The van der Waals surface area contributed by atoms with E-state index in [1.807, 2.05) is 0 Å². The van der Waals surface area contributed by atoms with Crippen LogP contribution in [0.1, 0.15) is 47.2 Å². The maximum absolute atomic E-state index is 2.50. The van der Waals surface area contributed by atoms with Crippen LogP contribution >= 0.6 is 0 Å². The number of nitrogens with zero attached hydrogens (tertiary/aromatic N) is 1. The molecule has 1 nitrogen and oxygen atoms in total. The maximum atomic E-state index is 2.50. The molecule has 4 aromatic rings. The molecule has 160 valence electrons. The molecule has 0 bridgehead atoms. The van der Waals surface area contributed by atoms with Crippen molar-refractivity contribution in [1.29, 1.82) is 0 Å². The van der Waals surface area contributed by atoms with Crippen LogP contribution in [0.5, 0.6) is 0 Å². The van der Waals surface area contributed by atoms with Crippen molar-refractivity contribution in [2.24, 2.45) is 0 Å². The highest BCUT2D eigenvalue weighted by atomic mass is 15.1. The number of anilines is 1. The van der Waals surface area contributed by atoms with Gasteiger partial charge in [-0.2, -0.15) is 0 Å². The monoisotopic (exact) mass is 417 g/mol. The van der Waals surface area contributed by atoms with Crippen LogP contribution in [0.25, 0.3) is 11.1 Å². The number of hydrogen-bond donors (Lipinski definition) is 0. The molecule has 0 heterocycles. The van der Waals surface area contributed by atoms with Crippen molar-refractivity contribution in [3.05, 3.63) is 124 Å². The van der Waals surface area contributed by atoms with E-state index in [0.29, 0.717) is 0 Å². The number of rotatable bonds is 5. The molecule has 1 heteroatoms. The first-order chi connectivity index (χ1) is 15.6. The van der Waals surface area contributed by atoms with E-state index in [1.54, 1.807) is 0 Å². The molecule has 5 rings (SSSR count). The van der Waals surface area contributed by atoms with Gasteiger partial charge < -0.3 is 4.90 Å². The average Bonchev–Trinajstić information content (AvgIpc) is 3.13. The van der Waals surface area contributed by atoms with E-state index < -0.39 is 0 Å². The molecule has 32 heavy (non-hydrogen) atoms. The van der Waals surface area contributed by atoms with Gasteiger partial charge in [0.2, 0.25) is 0 Å². The van der Waals surface area contributed by atoms with E-state index in [1.165, 1.54) is 50.2 Å². The van der Waals surface area contributed by atoms with E-state index in [4.69, 9.17) is 0 Å². The third-order valence-electron chi connectivity index (χ3n) is 7.11. The van der Waals surface area contributed by atoms with Gasteiger partial charge in [-0.25, -0.2) is 0 Å². The summed E-state index contributed by atoms with van der Waals surface area (Å²) in [7, 11) is 0. The molecular formula is C31H31N. The van der Waals surface area contributed by atoms with Gasteiger partial charge in [-0.1, -0.05) is 96.1 Å². The van der Waals surface area contributed by atoms with Gasteiger partial charge in [0.05, 0.1) is 5.41 Å². The second-order valence-corrected chi connectivity index (χ2v) is 8.90. The van der Waals surface area contributed by atoms with Crippen LogP contribution in [0.4, 0.5) is 5.69 Å². The lowest BCUT2D eigenvalue weighted by Gasteiger charge is -2.37. The molecule has 0 radical (unpaired) electrons. The lowest BCUT2D eigenvalue weighted by atomic mass is 9.67. The molecule has 0 fully saturated rings. The molecular weight excluding hydrogens is 386 g/mol. The highest BCUT2D eigenvalue weighted by Gasteiger charge is 2.47. The third kappa shape index (κ3) is 2.92. The van der Waals surface area contributed by atoms with Gasteiger partial charge in [0.25, 0.3) is 0 Å². The van der Waals surface area contributed by atoms with Gasteiger partial charge in [0.15, 0.2) is 0 Å². The summed E-state index contributed by atoms with van der Waals surface area (Å²) in [6.07, 6.45) is 0. The normalized spacial score (nSPS) is 13.5. The van der Waals surface area contributed by atoms with Crippen LogP contribution in [0.2, 0.25) is 0 Å². The molecule has 0 N–H and O–H groups in total. The fourth-order valence-corrected chi connectivity index (χ4v) is 5.54. The molecule has 0 aliphatic heterocycles. The van der Waals surface area contributed by atoms with Gasteiger partial charge in [-0.3, -0.25) is 0 Å². The highest BCUT2D eigenvalue weighted by molar-refractivity contribution is 5.91. The average molecular weight is 418 g/mol. The van der Waals surface area contributed by atoms with Crippen molar-refractivity contribution in [2.75, 3.05) is 18.0 Å². The quantitative estimate of drug-likeness (QED) is 0.286. The number of hydrogen-bond acceptors (Lipinski definition) is 1. The Morgan fingerprint density at radius 1 is 0.594 bits per heavy atom. The zero-order chi connectivity index (χ0) is 22.3. The summed E-state index contributed by atoms with van der Waals surface area (Å²) >= 11 is 0. The van der Waals surface area contributed by atoms with Gasteiger partial charge in [0, 0.05) is 24.3 Å². The van der Waals surface area contributed by atoms with Crippen LogP contribution in [-0.4, -0.2) is 13.1 Å². The lowest BCUT2D eigenvalue weighted by molar-refractivity contribution is 0.752. The Kier molecular flexibility index (Phi) is 5.13. The molecule has 1 aliphatic rings. The van der Waals surface area contributed by atoms with Crippen molar-refractivity contribution >= 4 is 5.69 Å². The van der Waals surface area contributed by atoms with Crippen LogP contribution < -0.4 is 4.90 Å². The molecule has 0 aromatic heterocycles. The molecule has 0 atom stereocenters. The Labute approximate surface area is 192 Å². The second kappa shape index (κ2) is 7.98. The largest absolute Gasteiger partial charge is 0.372 e. The summed E-state index contributed by atoms with van der Waals surface area (Å²) in [4.78, 5) is 2.50. The maximum Gasteiger partial charge on any atom is 0.0733 e. The standard InChI is InChI=1S/C31H31N/c1-5-32(6-2)29-13-9-11-27-26-10-7-8-12-28(26)31(30(27)29,24-18-14-22(3)15-19-24)25-20-16-23(4)17-21-25/h7-21H,5-6H2,1-4H3. The van der Waals surface area contributed by atoms with Gasteiger partial charge in [0.1, 0.15) is 0 Å². The van der Waals surface area contributed by atoms with Crippen molar-refractivity contribution in [2.45, 2.75) is 33.1 Å². The summed E-state index contributed by atoms with van der Waals surface area (Å²) in [5, 5.41) is 0. The summed E-state index contributed by atoms with van der Waals surface area (Å²) in [5.41, 5.74) is 11.7. The van der Waals surface area contributed by atoms with Crippen LogP contribution in [0, 0.1) is 13.8 Å². The zero-order valence-corrected chi connectivity index (χ0v) is 19.5. The fourth-order valence-electron chi connectivity index (χ4n) is 5.54. The number of benzene rings is 4. The minimum Gasteiger partial charge on any atom is -0.372 e. The predicted molar refractivity (Wildman–Crippen MR) is 137 cm³/mol. The third-order valence-corrected chi connectivity index (χ3v) is 7.11. The zero-order valence-electron chi connectivity index (χ0n) is 19.5. The lowest BCUT2D eigenvalue weighted by Crippen LogP contribution is -2.32. The van der Waals surface area contributed by atoms with Gasteiger partial charge in [-0.15, -0.1) is 0 Å². The Hall–Kier alpha value is -3.32. The van der Waals surface area contributed by atoms with Crippen molar-refractivity contribution in [1.82, 2.24) is 0 Å². The van der Waals surface area contributed by atoms with E-state index >= 15 is 0 Å². The number of fused-ring (bicyclic) bond motifs is 3. The molecule has 1 aliphatic carbocycles. The van der Waals surface area contributed by atoms with E-state index in [9.17, 15) is 0 Å². The van der Waals surface area contributed by atoms with Gasteiger partial charge in [-0.05, 0) is 61.6 Å².